The van der Waals surface area contributed by atoms with Crippen LogP contribution in [-0.2, 0) is 29.1 Å². The van der Waals surface area contributed by atoms with Gasteiger partial charge in [0, 0.05) is 0 Å². The third-order valence-electron chi connectivity index (χ3n) is 3.31. The summed E-state index contributed by atoms with van der Waals surface area (Å²) in [5.41, 5.74) is -0.711. The van der Waals surface area contributed by atoms with Crippen molar-refractivity contribution in [2.75, 3.05) is 25.7 Å². The Morgan fingerprint density at radius 1 is 1.18 bits per heavy atom. The number of carbonyl (C=O) groups excluding carboxylic acids is 2. The van der Waals surface area contributed by atoms with Gasteiger partial charge < -0.3 is 14.2 Å². The van der Waals surface area contributed by atoms with Gasteiger partial charge in [-0.2, -0.15) is 16.5 Å². The maximum absolute atomic E-state index is 12.6. The quantitative estimate of drug-likeness (QED) is 0.558. The molecule has 1 rings (SSSR count). The molecule has 10 heteroatoms. The Bertz CT molecular complexity index is 755. The lowest BCUT2D eigenvalue weighted by atomic mass is 10.2. The molecule has 1 aromatic carbocycles. The van der Waals surface area contributed by atoms with Crippen molar-refractivity contribution in [1.29, 1.82) is 0 Å². The van der Waals surface area contributed by atoms with E-state index in [1.54, 1.807) is 20.8 Å². The summed E-state index contributed by atoms with van der Waals surface area (Å²) in [5.74, 6) is -0.508. The van der Waals surface area contributed by atoms with E-state index in [1.165, 1.54) is 43.1 Å². The number of esters is 2. The average molecular weight is 434 g/mol. The molecular formula is C18H27NO7S2. The fourth-order valence-corrected chi connectivity index (χ4v) is 3.76. The highest BCUT2D eigenvalue weighted by Gasteiger charge is 2.28. The van der Waals surface area contributed by atoms with E-state index in [-0.39, 0.29) is 11.3 Å². The van der Waals surface area contributed by atoms with Crippen molar-refractivity contribution in [2.24, 2.45) is 0 Å². The van der Waals surface area contributed by atoms with E-state index in [9.17, 15) is 18.0 Å². The lowest BCUT2D eigenvalue weighted by Gasteiger charge is -2.20. The molecule has 0 aromatic heterocycles. The Hall–Kier alpha value is -1.78. The van der Waals surface area contributed by atoms with Crippen molar-refractivity contribution in [3.63, 3.8) is 0 Å². The van der Waals surface area contributed by atoms with Gasteiger partial charge >= 0.3 is 11.9 Å². The maximum Gasteiger partial charge on any atom is 0.344 e. The second-order valence-electron chi connectivity index (χ2n) is 6.83. The van der Waals surface area contributed by atoms with Crippen LogP contribution in [0.2, 0.25) is 0 Å². The van der Waals surface area contributed by atoms with Gasteiger partial charge in [-0.3, -0.25) is 4.79 Å². The van der Waals surface area contributed by atoms with E-state index in [0.29, 0.717) is 11.5 Å². The second-order valence-corrected chi connectivity index (χ2v) is 9.52. The summed E-state index contributed by atoms with van der Waals surface area (Å²) in [6.07, 6.45) is 2.05. The van der Waals surface area contributed by atoms with Gasteiger partial charge in [-0.05, 0) is 63.5 Å². The topological polar surface area (TPSA) is 108 Å². The number of rotatable bonds is 10. The number of hydrogen-bond acceptors (Lipinski definition) is 8. The van der Waals surface area contributed by atoms with E-state index in [0.717, 1.165) is 0 Å². The Kier molecular flexibility index (Phi) is 9.25. The van der Waals surface area contributed by atoms with Gasteiger partial charge in [0.15, 0.2) is 6.61 Å². The molecule has 158 valence electrons. The van der Waals surface area contributed by atoms with E-state index in [4.69, 9.17) is 14.2 Å². The van der Waals surface area contributed by atoms with Crippen LogP contribution in [0.5, 0.6) is 5.75 Å². The summed E-state index contributed by atoms with van der Waals surface area (Å²) in [7, 11) is -2.49. The minimum absolute atomic E-state index is 0.0117. The molecule has 0 saturated carbocycles. The van der Waals surface area contributed by atoms with E-state index in [2.05, 4.69) is 4.72 Å². The average Bonchev–Trinajstić information content (AvgIpc) is 2.61. The fraction of sp³-hybridized carbons (Fsp3) is 0.556. The Balaban J connectivity index is 2.82. The van der Waals surface area contributed by atoms with Crippen LogP contribution in [-0.4, -0.2) is 57.7 Å². The zero-order chi connectivity index (χ0) is 21.4. The lowest BCUT2D eigenvalue weighted by molar-refractivity contribution is -0.167. The van der Waals surface area contributed by atoms with Gasteiger partial charge in [0.25, 0.3) is 0 Å². The molecule has 1 N–H and O–H groups in total. The summed E-state index contributed by atoms with van der Waals surface area (Å²) in [6, 6.07) is 4.64. The lowest BCUT2D eigenvalue weighted by Crippen LogP contribution is -2.43. The zero-order valence-corrected chi connectivity index (χ0v) is 18.3. The molecule has 28 heavy (non-hydrogen) atoms. The number of hydrogen-bond donors (Lipinski definition) is 1. The van der Waals surface area contributed by atoms with Crippen molar-refractivity contribution in [3.8, 4) is 5.75 Å². The highest BCUT2D eigenvalue weighted by Crippen LogP contribution is 2.16. The highest BCUT2D eigenvalue weighted by molar-refractivity contribution is 7.98. The molecule has 0 radical (unpaired) electrons. The van der Waals surface area contributed by atoms with Crippen molar-refractivity contribution < 1.29 is 32.2 Å². The standard InChI is InChI=1S/C18H27NO7S2/c1-18(2,3)26-16(20)12-25-17(21)15(10-11-27-5)19-28(22,23)14-8-6-13(24-4)7-9-14/h6-9,15,19H,10-12H2,1-5H3. The summed E-state index contributed by atoms with van der Waals surface area (Å²) < 4.78 is 42.5. The number of thioether (sulfide) groups is 1. The van der Waals surface area contributed by atoms with Crippen LogP contribution in [0.1, 0.15) is 27.2 Å². The maximum atomic E-state index is 12.6. The Labute approximate surface area is 170 Å². The molecule has 0 aliphatic carbocycles. The SMILES string of the molecule is COc1ccc(S(=O)(=O)NC(CCSC)C(=O)OCC(=O)OC(C)(C)C)cc1. The first-order chi connectivity index (χ1) is 13.0. The molecule has 0 amide bonds. The number of carbonyl (C=O) groups is 2. The monoisotopic (exact) mass is 433 g/mol. The van der Waals surface area contributed by atoms with Crippen molar-refractivity contribution in [3.05, 3.63) is 24.3 Å². The summed E-state index contributed by atoms with van der Waals surface area (Å²) in [6.45, 7) is 4.49. The Morgan fingerprint density at radius 3 is 2.29 bits per heavy atom. The van der Waals surface area contributed by atoms with Gasteiger partial charge in [0.05, 0.1) is 12.0 Å². The smallest absolute Gasteiger partial charge is 0.344 e. The van der Waals surface area contributed by atoms with Crippen LogP contribution in [0.3, 0.4) is 0 Å². The number of sulfonamides is 1. The van der Waals surface area contributed by atoms with Gasteiger partial charge in [-0.1, -0.05) is 0 Å². The van der Waals surface area contributed by atoms with Crippen LogP contribution < -0.4 is 9.46 Å². The minimum Gasteiger partial charge on any atom is -0.497 e. The molecule has 8 nitrogen and oxygen atoms in total. The molecule has 0 aliphatic heterocycles. The van der Waals surface area contributed by atoms with Gasteiger partial charge in [0.1, 0.15) is 17.4 Å². The van der Waals surface area contributed by atoms with E-state index in [1.807, 2.05) is 6.26 Å². The first-order valence-electron chi connectivity index (χ1n) is 8.52. The number of benzene rings is 1. The fourth-order valence-electron chi connectivity index (χ4n) is 2.07. The predicted molar refractivity (Wildman–Crippen MR) is 107 cm³/mol. The third kappa shape index (κ3) is 8.49. The highest BCUT2D eigenvalue weighted by atomic mass is 32.2. The third-order valence-corrected chi connectivity index (χ3v) is 5.45. The predicted octanol–water partition coefficient (Wildman–Crippen LogP) is 1.98. The first-order valence-corrected chi connectivity index (χ1v) is 11.4. The molecule has 0 aliphatic rings. The normalized spacial score (nSPS) is 12.9. The Morgan fingerprint density at radius 2 is 1.79 bits per heavy atom. The summed E-state index contributed by atoms with van der Waals surface area (Å²) >= 11 is 1.46. The molecule has 0 saturated heterocycles. The molecule has 0 heterocycles. The molecule has 1 atom stereocenters. The van der Waals surface area contributed by atoms with Gasteiger partial charge in [-0.15, -0.1) is 0 Å². The van der Waals surface area contributed by atoms with Crippen molar-refractivity contribution in [2.45, 2.75) is 43.7 Å². The summed E-state index contributed by atoms with van der Waals surface area (Å²) in [5, 5.41) is 0. The van der Waals surface area contributed by atoms with E-state index >= 15 is 0 Å². The van der Waals surface area contributed by atoms with Gasteiger partial charge in [0.2, 0.25) is 10.0 Å². The summed E-state index contributed by atoms with van der Waals surface area (Å²) in [4.78, 5) is 24.0. The number of nitrogens with one attached hydrogen (secondary N) is 1. The molecule has 1 unspecified atom stereocenters. The zero-order valence-electron chi connectivity index (χ0n) is 16.7. The van der Waals surface area contributed by atoms with Gasteiger partial charge in [-0.25, -0.2) is 13.2 Å². The number of ether oxygens (including phenoxy) is 3. The molecular weight excluding hydrogens is 406 g/mol. The van der Waals surface area contributed by atoms with Crippen molar-refractivity contribution >= 4 is 33.7 Å². The van der Waals surface area contributed by atoms with Crippen LogP contribution in [0.15, 0.2) is 29.2 Å². The van der Waals surface area contributed by atoms with Crippen LogP contribution in [0.4, 0.5) is 0 Å². The minimum atomic E-state index is -3.96. The van der Waals surface area contributed by atoms with Crippen LogP contribution in [0.25, 0.3) is 0 Å². The largest absolute Gasteiger partial charge is 0.497 e. The molecule has 0 spiro atoms. The van der Waals surface area contributed by atoms with Crippen LogP contribution >= 0.6 is 11.8 Å². The molecule has 0 fully saturated rings. The van der Waals surface area contributed by atoms with Crippen molar-refractivity contribution in [1.82, 2.24) is 4.72 Å². The number of methoxy groups -OCH3 is 1. The second kappa shape index (κ2) is 10.7. The van der Waals surface area contributed by atoms with E-state index < -0.39 is 40.2 Å². The molecule has 1 aromatic rings. The first kappa shape index (κ1) is 24.3. The molecule has 0 bridgehead atoms. The van der Waals surface area contributed by atoms with Crippen LogP contribution in [0, 0.1) is 0 Å².